The summed E-state index contributed by atoms with van der Waals surface area (Å²) >= 11 is 0. The fourth-order valence-corrected chi connectivity index (χ4v) is 6.10. The van der Waals surface area contributed by atoms with Crippen LogP contribution in [0.2, 0.25) is 0 Å². The van der Waals surface area contributed by atoms with E-state index in [1.165, 1.54) is 6.07 Å². The maximum atomic E-state index is 13.0. The van der Waals surface area contributed by atoms with Gasteiger partial charge in [-0.05, 0) is 49.4 Å². The Morgan fingerprint density at radius 2 is 2.00 bits per heavy atom. The molecule has 0 amide bonds. The van der Waals surface area contributed by atoms with Crippen LogP contribution in [0.5, 0.6) is 0 Å². The number of benzene rings is 1. The topological polar surface area (TPSA) is 93.0 Å². The second-order valence-corrected chi connectivity index (χ2v) is 9.94. The zero-order valence-electron chi connectivity index (χ0n) is 16.2. The van der Waals surface area contributed by atoms with Crippen LogP contribution in [-0.2, 0) is 16.0 Å². The number of hydrogen-bond donors (Lipinski definition) is 1. The van der Waals surface area contributed by atoms with Gasteiger partial charge >= 0.3 is 6.18 Å². The Morgan fingerprint density at radius 3 is 2.81 bits per heavy atom. The van der Waals surface area contributed by atoms with Gasteiger partial charge in [-0.15, -0.1) is 10.2 Å². The third kappa shape index (κ3) is 3.56. The summed E-state index contributed by atoms with van der Waals surface area (Å²) in [6.45, 7) is 0. The Morgan fingerprint density at radius 1 is 1.16 bits per heavy atom. The van der Waals surface area contributed by atoms with Gasteiger partial charge in [0.25, 0.3) is 0 Å². The van der Waals surface area contributed by atoms with Crippen LogP contribution in [0.3, 0.4) is 0 Å². The average molecular weight is 449 g/mol. The molecule has 1 aliphatic rings. The van der Waals surface area contributed by atoms with E-state index in [9.17, 15) is 21.6 Å². The van der Waals surface area contributed by atoms with E-state index in [2.05, 4.69) is 20.2 Å². The van der Waals surface area contributed by atoms with Gasteiger partial charge < -0.3 is 4.98 Å². The van der Waals surface area contributed by atoms with Gasteiger partial charge in [0.05, 0.1) is 27.9 Å². The van der Waals surface area contributed by atoms with Gasteiger partial charge in [0.15, 0.2) is 21.1 Å². The summed E-state index contributed by atoms with van der Waals surface area (Å²) in [7, 11) is -3.84. The molecule has 162 valence electrons. The van der Waals surface area contributed by atoms with Gasteiger partial charge in [0, 0.05) is 12.1 Å². The molecule has 5 rings (SSSR count). The van der Waals surface area contributed by atoms with Crippen molar-refractivity contribution in [3.8, 4) is 0 Å². The average Bonchev–Trinajstić information content (AvgIpc) is 3.45. The molecule has 0 spiro atoms. The van der Waals surface area contributed by atoms with Gasteiger partial charge in [0.1, 0.15) is 5.82 Å². The molecule has 1 N–H and O–H groups in total. The molecule has 4 aromatic rings. The fraction of sp³-hybridized carbons (Fsp3) is 0.350. The summed E-state index contributed by atoms with van der Waals surface area (Å²) in [6, 6.07) is 5.82. The molecule has 0 unspecified atom stereocenters. The van der Waals surface area contributed by atoms with E-state index in [1.807, 2.05) is 10.5 Å². The number of rotatable bonds is 4. The normalized spacial score (nSPS) is 20.1. The molecule has 11 heteroatoms. The van der Waals surface area contributed by atoms with Crippen molar-refractivity contribution in [1.82, 2.24) is 24.6 Å². The van der Waals surface area contributed by atoms with Crippen LogP contribution in [0, 0.1) is 5.92 Å². The van der Waals surface area contributed by atoms with Gasteiger partial charge in [-0.25, -0.2) is 13.4 Å². The molecule has 1 fully saturated rings. The number of H-pyrrole nitrogens is 1. The van der Waals surface area contributed by atoms with Crippen LogP contribution < -0.4 is 0 Å². The third-order valence-electron chi connectivity index (χ3n) is 5.85. The largest absolute Gasteiger partial charge is 0.416 e. The van der Waals surface area contributed by atoms with Gasteiger partial charge in [-0.3, -0.25) is 4.40 Å². The van der Waals surface area contributed by atoms with Crippen molar-refractivity contribution in [3.05, 3.63) is 54.1 Å². The lowest BCUT2D eigenvalue weighted by Gasteiger charge is -2.13. The van der Waals surface area contributed by atoms with Gasteiger partial charge in [-0.2, -0.15) is 13.2 Å². The van der Waals surface area contributed by atoms with E-state index >= 15 is 0 Å². The molecule has 31 heavy (non-hydrogen) atoms. The Kier molecular flexibility index (Phi) is 4.54. The summed E-state index contributed by atoms with van der Waals surface area (Å²) in [4.78, 5) is 7.05. The number of fused-ring (bicyclic) bond motifs is 3. The zero-order chi connectivity index (χ0) is 21.8. The molecule has 0 saturated heterocycles. The lowest BCUT2D eigenvalue weighted by Crippen LogP contribution is -2.16. The second-order valence-electron chi connectivity index (χ2n) is 7.90. The van der Waals surface area contributed by atoms with Crippen LogP contribution in [-0.4, -0.2) is 38.7 Å². The number of aromatic nitrogens is 5. The quantitative estimate of drug-likeness (QED) is 0.509. The maximum absolute atomic E-state index is 13.0. The third-order valence-corrected chi connectivity index (χ3v) is 7.73. The first-order chi connectivity index (χ1) is 14.7. The lowest BCUT2D eigenvalue weighted by atomic mass is 10.1. The Hall–Kier alpha value is -2.95. The van der Waals surface area contributed by atoms with Gasteiger partial charge in [0.2, 0.25) is 0 Å². The van der Waals surface area contributed by atoms with Crippen LogP contribution in [0.4, 0.5) is 13.2 Å². The summed E-state index contributed by atoms with van der Waals surface area (Å²) in [5, 5.41) is 8.50. The number of alkyl halides is 3. The number of aromatic amines is 1. The van der Waals surface area contributed by atoms with E-state index < -0.39 is 21.6 Å². The van der Waals surface area contributed by atoms with E-state index in [-0.39, 0.29) is 22.5 Å². The number of sulfone groups is 1. The standard InChI is InChI=1S/C20H18F3N5O2S/c21-20(22,23)14-2-1-3-15(9-14)31(29,30)11-12-4-5-13(8-12)19-27-26-17-10-25-18-16(28(17)19)6-7-24-18/h1-3,6-7,9-10,12-13,24H,4-5,8,11H2/t12-,13+/m0/s1. The van der Waals surface area contributed by atoms with E-state index in [4.69, 9.17) is 0 Å². The van der Waals surface area contributed by atoms with E-state index in [0.29, 0.717) is 30.2 Å². The first-order valence-electron chi connectivity index (χ1n) is 9.79. The molecule has 0 aliphatic heterocycles. The van der Waals surface area contributed by atoms with Crippen molar-refractivity contribution >= 4 is 26.6 Å². The minimum absolute atomic E-state index is 0.0113. The molecular formula is C20H18F3N5O2S. The summed E-state index contributed by atoms with van der Waals surface area (Å²) in [5.41, 5.74) is 1.20. The number of nitrogens with one attached hydrogen (secondary N) is 1. The number of nitrogens with zero attached hydrogens (tertiary/aromatic N) is 4. The number of halogens is 3. The Labute approximate surface area is 175 Å². The van der Waals surface area contributed by atoms with Crippen molar-refractivity contribution < 1.29 is 21.6 Å². The highest BCUT2D eigenvalue weighted by atomic mass is 32.2. The molecule has 2 atom stereocenters. The van der Waals surface area contributed by atoms with Crippen LogP contribution >= 0.6 is 0 Å². The molecule has 1 saturated carbocycles. The predicted octanol–water partition coefficient (Wildman–Crippen LogP) is 3.98. The Balaban J connectivity index is 1.38. The highest BCUT2D eigenvalue weighted by molar-refractivity contribution is 7.91. The van der Waals surface area contributed by atoms with Crippen molar-refractivity contribution in [3.63, 3.8) is 0 Å². The summed E-state index contributed by atoms with van der Waals surface area (Å²) in [6.07, 6.45) is 0.779. The lowest BCUT2D eigenvalue weighted by molar-refractivity contribution is -0.137. The summed E-state index contributed by atoms with van der Waals surface area (Å²) < 4.78 is 66.4. The molecule has 0 bridgehead atoms. The zero-order valence-corrected chi connectivity index (χ0v) is 17.0. The highest BCUT2D eigenvalue weighted by Gasteiger charge is 2.35. The molecule has 0 radical (unpaired) electrons. The minimum Gasteiger partial charge on any atom is -0.345 e. The van der Waals surface area contributed by atoms with Crippen molar-refractivity contribution in [2.45, 2.75) is 36.3 Å². The molecule has 3 aromatic heterocycles. The first kappa shape index (κ1) is 20.0. The maximum Gasteiger partial charge on any atom is 0.416 e. The van der Waals surface area contributed by atoms with Crippen molar-refractivity contribution in [2.24, 2.45) is 5.92 Å². The second kappa shape index (κ2) is 7.04. The van der Waals surface area contributed by atoms with Crippen LogP contribution in [0.25, 0.3) is 16.8 Å². The molecule has 1 aromatic carbocycles. The van der Waals surface area contributed by atoms with Crippen molar-refractivity contribution in [2.75, 3.05) is 5.75 Å². The van der Waals surface area contributed by atoms with Crippen LogP contribution in [0.1, 0.15) is 36.6 Å². The van der Waals surface area contributed by atoms with Gasteiger partial charge in [-0.1, -0.05) is 6.07 Å². The van der Waals surface area contributed by atoms with Crippen LogP contribution in [0.15, 0.2) is 47.6 Å². The first-order valence-corrected chi connectivity index (χ1v) is 11.4. The SMILES string of the molecule is O=S(=O)(C[C@H]1CC[C@@H](c2nnc3cnc4[nH]ccc4n23)C1)c1cccc(C(F)(F)F)c1. The highest BCUT2D eigenvalue weighted by Crippen LogP contribution is 2.40. The summed E-state index contributed by atoms with van der Waals surface area (Å²) in [5.74, 6) is 0.404. The fourth-order valence-electron chi connectivity index (χ4n) is 4.40. The van der Waals surface area contributed by atoms with E-state index in [1.54, 1.807) is 12.4 Å². The molecule has 7 nitrogen and oxygen atoms in total. The van der Waals surface area contributed by atoms with E-state index in [0.717, 1.165) is 29.9 Å². The van der Waals surface area contributed by atoms with Crippen molar-refractivity contribution in [1.29, 1.82) is 0 Å². The smallest absolute Gasteiger partial charge is 0.345 e. The molecule has 1 aliphatic carbocycles. The monoisotopic (exact) mass is 449 g/mol. The molecule has 3 heterocycles. The molecular weight excluding hydrogens is 431 g/mol. The number of hydrogen-bond acceptors (Lipinski definition) is 5. The minimum atomic E-state index is -4.59. The predicted molar refractivity (Wildman–Crippen MR) is 106 cm³/mol. The Bertz CT molecular complexity index is 1380.